The zero-order valence-corrected chi connectivity index (χ0v) is 16.9. The van der Waals surface area contributed by atoms with Gasteiger partial charge in [-0.3, -0.25) is 9.59 Å². The average molecular weight is 395 g/mol. The summed E-state index contributed by atoms with van der Waals surface area (Å²) in [7, 11) is 1.60. The number of hydrazone groups is 1. The summed E-state index contributed by atoms with van der Waals surface area (Å²) in [5.41, 5.74) is 3.40. The Kier molecular flexibility index (Phi) is 6.49. The summed E-state index contributed by atoms with van der Waals surface area (Å²) in [6.45, 7) is 4.29. The monoisotopic (exact) mass is 395 g/mol. The quantitative estimate of drug-likeness (QED) is 0.777. The molecule has 2 aromatic rings. The Morgan fingerprint density at radius 1 is 1.14 bits per heavy atom. The molecule has 29 heavy (non-hydrogen) atoms. The van der Waals surface area contributed by atoms with Gasteiger partial charge in [-0.05, 0) is 42.8 Å². The van der Waals surface area contributed by atoms with E-state index in [9.17, 15) is 9.59 Å². The second-order valence-corrected chi connectivity index (χ2v) is 6.67. The van der Waals surface area contributed by atoms with Crippen molar-refractivity contribution >= 4 is 23.2 Å². The van der Waals surface area contributed by atoms with Gasteiger partial charge in [0.25, 0.3) is 0 Å². The number of nitrogens with zero attached hydrogens (tertiary/aromatic N) is 2. The molecule has 0 bridgehead atoms. The molecule has 7 nitrogen and oxygen atoms in total. The molecule has 0 saturated heterocycles. The fraction of sp³-hybridized carbons (Fsp3) is 0.318. The van der Waals surface area contributed by atoms with Crippen LogP contribution < -0.4 is 14.8 Å². The number of methoxy groups -OCH3 is 1. The predicted octanol–water partition coefficient (Wildman–Crippen LogP) is 3.58. The van der Waals surface area contributed by atoms with E-state index >= 15 is 0 Å². The van der Waals surface area contributed by atoms with Gasteiger partial charge < -0.3 is 14.8 Å². The molecule has 0 aliphatic carbocycles. The highest BCUT2D eigenvalue weighted by atomic mass is 16.5. The van der Waals surface area contributed by atoms with E-state index in [4.69, 9.17) is 9.47 Å². The molecule has 0 saturated carbocycles. The highest BCUT2D eigenvalue weighted by molar-refractivity contribution is 6.04. The van der Waals surface area contributed by atoms with E-state index in [1.54, 1.807) is 7.11 Å². The predicted molar refractivity (Wildman–Crippen MR) is 111 cm³/mol. The average Bonchev–Trinajstić information content (AvgIpc) is 2.71. The van der Waals surface area contributed by atoms with E-state index in [0.717, 1.165) is 22.5 Å². The van der Waals surface area contributed by atoms with Crippen LogP contribution in [0.4, 0.5) is 5.69 Å². The molecule has 1 aliphatic rings. The van der Waals surface area contributed by atoms with Gasteiger partial charge >= 0.3 is 0 Å². The Morgan fingerprint density at radius 3 is 2.55 bits per heavy atom. The van der Waals surface area contributed by atoms with Gasteiger partial charge in [0.15, 0.2) is 11.5 Å². The van der Waals surface area contributed by atoms with E-state index in [0.29, 0.717) is 37.5 Å². The largest absolute Gasteiger partial charge is 0.493 e. The van der Waals surface area contributed by atoms with Crippen LogP contribution in [0.25, 0.3) is 0 Å². The Hall–Kier alpha value is -3.35. The van der Waals surface area contributed by atoms with Crippen LogP contribution in [0.5, 0.6) is 11.5 Å². The lowest BCUT2D eigenvalue weighted by molar-refractivity contribution is -0.132. The Labute approximate surface area is 170 Å². The minimum atomic E-state index is -0.121. The normalized spacial score (nSPS) is 13.7. The van der Waals surface area contributed by atoms with Crippen LogP contribution in [0, 0.1) is 0 Å². The molecular weight excluding hydrogens is 370 g/mol. The standard InChI is InChI=1S/C22H25N3O4/c1-4-29-21-13-17(7-11-20(21)28-3)19-10-12-22(27)25(24-19)14-16-5-8-18(9-6-16)23-15(2)26/h5-9,11,13H,4,10,12,14H2,1-3H3,(H,23,26). The summed E-state index contributed by atoms with van der Waals surface area (Å²) >= 11 is 0. The van der Waals surface area contributed by atoms with E-state index in [1.807, 2.05) is 49.4 Å². The number of benzene rings is 2. The number of carbonyl (C=O) groups excluding carboxylic acids is 2. The number of hydrogen-bond donors (Lipinski definition) is 1. The molecule has 0 aromatic heterocycles. The summed E-state index contributed by atoms with van der Waals surface area (Å²) < 4.78 is 11.0. The fourth-order valence-electron chi connectivity index (χ4n) is 3.13. The van der Waals surface area contributed by atoms with Crippen molar-refractivity contribution in [2.75, 3.05) is 19.0 Å². The van der Waals surface area contributed by atoms with E-state index < -0.39 is 0 Å². The van der Waals surface area contributed by atoms with Gasteiger partial charge in [0.1, 0.15) is 0 Å². The van der Waals surface area contributed by atoms with Crippen LogP contribution in [0.1, 0.15) is 37.8 Å². The molecule has 7 heteroatoms. The van der Waals surface area contributed by atoms with Crippen LogP contribution >= 0.6 is 0 Å². The second-order valence-electron chi connectivity index (χ2n) is 6.67. The van der Waals surface area contributed by atoms with E-state index in [1.165, 1.54) is 11.9 Å². The molecule has 0 fully saturated rings. The molecule has 2 amide bonds. The maximum absolute atomic E-state index is 12.4. The van der Waals surface area contributed by atoms with Crippen molar-refractivity contribution in [2.45, 2.75) is 33.2 Å². The van der Waals surface area contributed by atoms with Crippen molar-refractivity contribution in [3.63, 3.8) is 0 Å². The molecule has 1 N–H and O–H groups in total. The van der Waals surface area contributed by atoms with Crippen LogP contribution in [0.2, 0.25) is 0 Å². The Bertz CT molecular complexity index is 922. The van der Waals surface area contributed by atoms with Gasteiger partial charge in [-0.1, -0.05) is 12.1 Å². The summed E-state index contributed by atoms with van der Waals surface area (Å²) in [5, 5.41) is 8.82. The molecule has 0 spiro atoms. The number of amides is 2. The highest BCUT2D eigenvalue weighted by Gasteiger charge is 2.22. The Morgan fingerprint density at radius 2 is 1.90 bits per heavy atom. The maximum atomic E-state index is 12.4. The SMILES string of the molecule is CCOc1cc(C2=NN(Cc3ccc(NC(C)=O)cc3)C(=O)CC2)ccc1OC. The van der Waals surface area contributed by atoms with Gasteiger partial charge in [-0.25, -0.2) is 5.01 Å². The molecule has 0 atom stereocenters. The fourth-order valence-corrected chi connectivity index (χ4v) is 3.13. The van der Waals surface area contributed by atoms with Gasteiger partial charge in [0.2, 0.25) is 11.8 Å². The number of carbonyl (C=O) groups is 2. The second kappa shape index (κ2) is 9.23. The molecule has 1 aliphatic heterocycles. The topological polar surface area (TPSA) is 80.2 Å². The number of rotatable bonds is 7. The third-order valence-electron chi connectivity index (χ3n) is 4.51. The minimum Gasteiger partial charge on any atom is -0.493 e. The van der Waals surface area contributed by atoms with E-state index in [-0.39, 0.29) is 11.8 Å². The first-order chi connectivity index (χ1) is 14.0. The molecule has 0 unspecified atom stereocenters. The van der Waals surface area contributed by atoms with Crippen molar-refractivity contribution < 1.29 is 19.1 Å². The summed E-state index contributed by atoms with van der Waals surface area (Å²) in [5.74, 6) is 1.19. The van der Waals surface area contributed by atoms with Crippen LogP contribution in [-0.2, 0) is 16.1 Å². The van der Waals surface area contributed by atoms with Gasteiger partial charge in [0, 0.05) is 31.0 Å². The summed E-state index contributed by atoms with van der Waals surface area (Å²) in [4.78, 5) is 23.5. The van der Waals surface area contributed by atoms with Crippen molar-refractivity contribution in [1.29, 1.82) is 0 Å². The molecular formula is C22H25N3O4. The van der Waals surface area contributed by atoms with Crippen LogP contribution in [0.3, 0.4) is 0 Å². The lowest BCUT2D eigenvalue weighted by Crippen LogP contribution is -2.31. The van der Waals surface area contributed by atoms with Crippen molar-refractivity contribution in [1.82, 2.24) is 5.01 Å². The first-order valence-electron chi connectivity index (χ1n) is 9.55. The highest BCUT2D eigenvalue weighted by Crippen LogP contribution is 2.29. The lowest BCUT2D eigenvalue weighted by Gasteiger charge is -2.24. The number of anilines is 1. The summed E-state index contributed by atoms with van der Waals surface area (Å²) in [6.07, 6.45) is 0.980. The number of nitrogens with one attached hydrogen (secondary N) is 1. The molecule has 152 valence electrons. The molecule has 0 radical (unpaired) electrons. The van der Waals surface area contributed by atoms with Gasteiger partial charge in [-0.2, -0.15) is 5.10 Å². The van der Waals surface area contributed by atoms with Gasteiger partial charge in [0.05, 0.1) is 26.0 Å². The van der Waals surface area contributed by atoms with Crippen molar-refractivity contribution in [2.24, 2.45) is 5.10 Å². The minimum absolute atomic E-state index is 0.0155. The third kappa shape index (κ3) is 5.13. The van der Waals surface area contributed by atoms with Crippen LogP contribution in [0.15, 0.2) is 47.6 Å². The smallest absolute Gasteiger partial charge is 0.243 e. The van der Waals surface area contributed by atoms with E-state index in [2.05, 4.69) is 10.4 Å². The zero-order chi connectivity index (χ0) is 20.8. The first-order valence-corrected chi connectivity index (χ1v) is 9.55. The molecule has 3 rings (SSSR count). The lowest BCUT2D eigenvalue weighted by atomic mass is 10.0. The van der Waals surface area contributed by atoms with Crippen molar-refractivity contribution in [3.8, 4) is 11.5 Å². The van der Waals surface area contributed by atoms with Crippen molar-refractivity contribution in [3.05, 3.63) is 53.6 Å². The molecule has 1 heterocycles. The molecule has 2 aromatic carbocycles. The van der Waals surface area contributed by atoms with Gasteiger partial charge in [-0.15, -0.1) is 0 Å². The maximum Gasteiger partial charge on any atom is 0.243 e. The number of hydrogen-bond acceptors (Lipinski definition) is 5. The van der Waals surface area contributed by atoms with Crippen LogP contribution in [-0.4, -0.2) is 36.3 Å². The summed E-state index contributed by atoms with van der Waals surface area (Å²) in [6, 6.07) is 13.1. The number of ether oxygens (including phenoxy) is 2. The zero-order valence-electron chi connectivity index (χ0n) is 16.9. The Balaban J connectivity index is 1.80. The third-order valence-corrected chi connectivity index (χ3v) is 4.51. The first kappa shape index (κ1) is 20.4.